The Morgan fingerprint density at radius 1 is 1.18 bits per heavy atom. The number of hydrogen-bond donors (Lipinski definition) is 1. The summed E-state index contributed by atoms with van der Waals surface area (Å²) in [4.78, 5) is 28.0. The minimum atomic E-state index is -0.745. The van der Waals surface area contributed by atoms with Crippen molar-refractivity contribution in [1.82, 2.24) is 10.2 Å². The summed E-state index contributed by atoms with van der Waals surface area (Å²) < 4.78 is 16.0. The van der Waals surface area contributed by atoms with Crippen LogP contribution in [-0.2, 0) is 25.4 Å². The Hall–Kier alpha value is -2.95. The van der Waals surface area contributed by atoms with Gasteiger partial charge in [0.25, 0.3) is 0 Å². The first-order chi connectivity index (χ1) is 18.7. The molecule has 1 aliphatic carbocycles. The van der Waals surface area contributed by atoms with E-state index in [4.69, 9.17) is 4.65 Å². The smallest absolute Gasteiger partial charge is 0.0470 e. The van der Waals surface area contributed by atoms with E-state index in [2.05, 4.69) is 39.1 Å². The first kappa shape index (κ1) is 30.6. The molecule has 2 fully saturated rings. The third kappa shape index (κ3) is 8.78. The summed E-state index contributed by atoms with van der Waals surface area (Å²) in [6.07, 6.45) is 7.50. The summed E-state index contributed by atoms with van der Waals surface area (Å²) in [6, 6.07) is 11.6. The fraction of sp³-hybridized carbons (Fsp3) is 0.645. The van der Waals surface area contributed by atoms with Gasteiger partial charge in [0.2, 0.25) is 0 Å². The van der Waals surface area contributed by atoms with Gasteiger partial charge < -0.3 is 0 Å². The molecule has 39 heavy (non-hydrogen) atoms. The molecule has 8 heteroatoms. The number of carbonyl (C=O) groups is 2. The summed E-state index contributed by atoms with van der Waals surface area (Å²) in [5.74, 6) is 2.04. The molecule has 2 aliphatic rings. The zero-order valence-corrected chi connectivity index (χ0v) is 24.0. The number of nitrogens with zero attached hydrogens (tertiary/aromatic N) is 2. The van der Waals surface area contributed by atoms with Crippen molar-refractivity contribution in [2.45, 2.75) is 91.3 Å². The van der Waals surface area contributed by atoms with Crippen LogP contribution in [0.25, 0.3) is 0 Å². The van der Waals surface area contributed by atoms with Crippen LogP contribution < -0.4 is 5.32 Å². The zero-order chi connectivity index (χ0) is 28.4. The van der Waals surface area contributed by atoms with E-state index < -0.39 is 6.23 Å². The van der Waals surface area contributed by atoms with E-state index in [1.807, 2.05) is 36.4 Å². The molecule has 6 atom stereocenters. The van der Waals surface area contributed by atoms with Gasteiger partial charge in [0.15, 0.2) is 0 Å². The third-order valence-electron chi connectivity index (χ3n) is 8.68. The number of hydrogen-bond acceptors (Lipinski definition) is 5. The Balaban J connectivity index is 1.59. The van der Waals surface area contributed by atoms with Crippen molar-refractivity contribution >= 4 is 19.2 Å². The van der Waals surface area contributed by atoms with E-state index in [1.165, 1.54) is 12.8 Å². The van der Waals surface area contributed by atoms with Crippen molar-refractivity contribution in [3.63, 3.8) is 0 Å². The first-order valence-electron chi connectivity index (χ1n) is 14.6. The van der Waals surface area contributed by atoms with Crippen molar-refractivity contribution in [1.29, 1.82) is 5.26 Å². The Kier molecular flexibility index (Phi) is 11.8. The number of allylic oxidation sites excluding steroid dienone is 1. The second kappa shape index (κ2) is 15.0. The van der Waals surface area contributed by atoms with Gasteiger partial charge in [0, 0.05) is 0 Å². The molecule has 7 nitrogen and oxygen atoms in total. The number of likely N-dealkylation sites (tertiary alicyclic amines) is 1. The van der Waals surface area contributed by atoms with Gasteiger partial charge in [-0.1, -0.05) is 34.1 Å². The van der Waals surface area contributed by atoms with E-state index in [1.54, 1.807) is 4.90 Å². The van der Waals surface area contributed by atoms with E-state index in [0.717, 1.165) is 24.8 Å². The molecule has 1 saturated heterocycles. The first-order valence-corrected chi connectivity index (χ1v) is 14.6. The topological polar surface area (TPSA) is 99.5 Å². The number of carbonyl (C=O) groups excluding carboxylic acids is 2. The maximum Gasteiger partial charge on any atom is -0.0470 e. The standard InChI is InChI=1S/C31H44BN3O4/c1-21(2)27-14-12-22(3)17-28(27)23(4)18-25(20-33)31(37)35-16-8-11-26(35)13-15-29(36)34-30(39-32-38)19-24-9-6-5-7-10-24/h5-7,9-10,18,21-23,26-28,30H,8,11-17,19H2,1-4H3,(H,34,36). The summed E-state index contributed by atoms with van der Waals surface area (Å²) in [7, 11) is 0.347. The largest absolute Gasteiger partial charge is 0.0470 e. The van der Waals surface area contributed by atoms with Crippen LogP contribution in [0.15, 0.2) is 42.0 Å². The van der Waals surface area contributed by atoms with Crippen molar-refractivity contribution in [3.8, 4) is 6.07 Å². The van der Waals surface area contributed by atoms with Crippen molar-refractivity contribution in [2.24, 2.45) is 29.6 Å². The molecule has 1 N–H and O–H groups in total. The van der Waals surface area contributed by atoms with Crippen LogP contribution >= 0.6 is 0 Å². The van der Waals surface area contributed by atoms with Crippen molar-refractivity contribution < 1.29 is 18.9 Å². The van der Waals surface area contributed by atoms with Crippen LogP contribution in [0.1, 0.15) is 78.2 Å². The van der Waals surface area contributed by atoms with Gasteiger partial charge in [0.05, 0.1) is 0 Å². The van der Waals surface area contributed by atoms with Crippen LogP contribution in [0.4, 0.5) is 0 Å². The van der Waals surface area contributed by atoms with E-state index >= 15 is 0 Å². The molecule has 0 radical (unpaired) electrons. The Labute approximate surface area is 234 Å². The maximum absolute atomic E-state index is 13.5. The maximum atomic E-state index is 13.5. The quantitative estimate of drug-likeness (QED) is 0.172. The van der Waals surface area contributed by atoms with Crippen molar-refractivity contribution in [3.05, 3.63) is 47.5 Å². The van der Waals surface area contributed by atoms with Crippen LogP contribution in [0.5, 0.6) is 0 Å². The number of rotatable bonds is 12. The van der Waals surface area contributed by atoms with Gasteiger partial charge in [-0.25, -0.2) is 0 Å². The van der Waals surface area contributed by atoms with Gasteiger partial charge in [-0.15, -0.1) is 0 Å². The Bertz CT molecular complexity index is 1040. The van der Waals surface area contributed by atoms with Crippen LogP contribution in [0, 0.1) is 40.9 Å². The molecule has 1 aromatic rings. The van der Waals surface area contributed by atoms with Gasteiger partial charge in [-0.05, 0) is 36.5 Å². The molecule has 1 heterocycles. The molecule has 0 bridgehead atoms. The average Bonchev–Trinajstić information content (AvgIpc) is 3.39. The average molecular weight is 534 g/mol. The van der Waals surface area contributed by atoms with Gasteiger partial charge >= 0.3 is 164 Å². The van der Waals surface area contributed by atoms with Crippen LogP contribution in [-0.4, -0.2) is 42.9 Å². The molecule has 2 amide bonds. The molecule has 0 spiro atoms. The molecule has 3 rings (SSSR count). The summed E-state index contributed by atoms with van der Waals surface area (Å²) in [5.41, 5.74) is 1.17. The molecular weight excluding hydrogens is 489 g/mol. The zero-order valence-electron chi connectivity index (χ0n) is 24.0. The predicted octanol–water partition coefficient (Wildman–Crippen LogP) is 5.22. The number of nitriles is 1. The fourth-order valence-electron chi connectivity index (χ4n) is 6.56. The van der Waals surface area contributed by atoms with Crippen LogP contribution in [0.3, 0.4) is 0 Å². The summed E-state index contributed by atoms with van der Waals surface area (Å²) in [6.45, 7) is 9.61. The molecule has 1 saturated carbocycles. The molecule has 6 unspecified atom stereocenters. The second-order valence-electron chi connectivity index (χ2n) is 11.9. The Morgan fingerprint density at radius 3 is 2.59 bits per heavy atom. The van der Waals surface area contributed by atoms with Gasteiger partial charge in [-0.2, -0.15) is 0 Å². The van der Waals surface area contributed by atoms with Gasteiger partial charge in [-0.3, -0.25) is 0 Å². The summed E-state index contributed by atoms with van der Waals surface area (Å²) in [5, 5.41) is 12.7. The van der Waals surface area contributed by atoms with Crippen LogP contribution in [0.2, 0.25) is 0 Å². The van der Waals surface area contributed by atoms with Gasteiger partial charge in [0.1, 0.15) is 0 Å². The van der Waals surface area contributed by atoms with Crippen molar-refractivity contribution in [2.75, 3.05) is 6.54 Å². The molecular formula is C31H44BN3O4. The normalized spacial score (nSPS) is 24.9. The number of benzene rings is 1. The molecule has 1 aromatic carbocycles. The third-order valence-corrected chi connectivity index (χ3v) is 8.68. The van der Waals surface area contributed by atoms with E-state index in [9.17, 15) is 19.6 Å². The van der Waals surface area contributed by atoms with E-state index in [-0.39, 0.29) is 35.8 Å². The minimum Gasteiger partial charge on any atom is -0.0470 e. The fourth-order valence-corrected chi connectivity index (χ4v) is 6.56. The molecule has 1 aliphatic heterocycles. The second-order valence-corrected chi connectivity index (χ2v) is 11.9. The molecule has 210 valence electrons. The SMILES string of the molecule is CC1CCC(C(C)C)C(C(C)C=C(C#N)C(=O)N2CCCC2CCC(=O)NC(Cc2ccccc2)OB=O)C1. The monoisotopic (exact) mass is 533 g/mol. The van der Waals surface area contributed by atoms with E-state index in [0.29, 0.717) is 50.4 Å². The Morgan fingerprint density at radius 2 is 1.92 bits per heavy atom. The number of nitrogens with one attached hydrogen (secondary N) is 1. The summed E-state index contributed by atoms with van der Waals surface area (Å²) >= 11 is 0. The minimum absolute atomic E-state index is 0.0898. The number of amides is 2. The predicted molar refractivity (Wildman–Crippen MR) is 151 cm³/mol. The molecule has 0 aromatic heterocycles.